The van der Waals surface area contributed by atoms with E-state index in [0.717, 1.165) is 5.56 Å². The Labute approximate surface area is 109 Å². The fraction of sp³-hybridized carbons (Fsp3) is 0.0769. The van der Waals surface area contributed by atoms with Crippen molar-refractivity contribution in [3.8, 4) is 6.07 Å². The van der Waals surface area contributed by atoms with Gasteiger partial charge < -0.3 is 11.1 Å². The summed E-state index contributed by atoms with van der Waals surface area (Å²) in [6.07, 6.45) is 0. The van der Waals surface area contributed by atoms with Crippen LogP contribution < -0.4 is 11.1 Å². The third kappa shape index (κ3) is 3.26. The van der Waals surface area contributed by atoms with Crippen molar-refractivity contribution in [2.24, 2.45) is 5.73 Å². The number of amides is 1. The molecular formula is C13H11N5O. The molecule has 2 rings (SSSR count). The van der Waals surface area contributed by atoms with Gasteiger partial charge in [0.25, 0.3) is 5.91 Å². The predicted octanol–water partition coefficient (Wildman–Crippen LogP) is 1.06. The molecular weight excluding hydrogens is 242 g/mol. The number of benzene rings is 1. The summed E-state index contributed by atoms with van der Waals surface area (Å²) in [5.41, 5.74) is 6.83. The van der Waals surface area contributed by atoms with Crippen LogP contribution in [-0.2, 0) is 6.54 Å². The van der Waals surface area contributed by atoms with Gasteiger partial charge in [0.05, 0.1) is 11.6 Å². The van der Waals surface area contributed by atoms with Crippen molar-refractivity contribution in [3.05, 3.63) is 53.2 Å². The molecule has 0 aliphatic rings. The normalized spacial score (nSPS) is 9.63. The first kappa shape index (κ1) is 12.5. The highest BCUT2D eigenvalue weighted by Crippen LogP contribution is 2.07. The van der Waals surface area contributed by atoms with E-state index in [1.807, 2.05) is 12.1 Å². The highest BCUT2D eigenvalue weighted by Gasteiger charge is 2.02. The maximum absolute atomic E-state index is 10.8. The summed E-state index contributed by atoms with van der Waals surface area (Å²) in [5.74, 6) is -0.0551. The molecule has 1 amide bonds. The summed E-state index contributed by atoms with van der Waals surface area (Å²) in [6, 6.07) is 12.4. The second-order valence-electron chi connectivity index (χ2n) is 3.83. The van der Waals surface area contributed by atoms with Gasteiger partial charge in [0.2, 0.25) is 0 Å². The molecule has 1 aromatic heterocycles. The number of hydrogen-bond acceptors (Lipinski definition) is 5. The number of rotatable bonds is 4. The zero-order valence-corrected chi connectivity index (χ0v) is 10.00. The third-order valence-electron chi connectivity index (χ3n) is 2.47. The summed E-state index contributed by atoms with van der Waals surface area (Å²) in [7, 11) is 0. The van der Waals surface area contributed by atoms with Gasteiger partial charge in [-0.15, -0.1) is 10.2 Å². The number of aromatic nitrogens is 2. The average molecular weight is 253 g/mol. The molecule has 0 spiro atoms. The van der Waals surface area contributed by atoms with E-state index < -0.39 is 5.91 Å². The van der Waals surface area contributed by atoms with Gasteiger partial charge in [0.1, 0.15) is 5.82 Å². The Morgan fingerprint density at radius 1 is 1.21 bits per heavy atom. The van der Waals surface area contributed by atoms with Gasteiger partial charge in [-0.3, -0.25) is 4.79 Å². The monoisotopic (exact) mass is 253 g/mol. The van der Waals surface area contributed by atoms with Crippen LogP contribution in [0.5, 0.6) is 0 Å². The second kappa shape index (κ2) is 5.60. The first-order valence-corrected chi connectivity index (χ1v) is 5.55. The fourth-order valence-corrected chi connectivity index (χ4v) is 1.45. The Balaban J connectivity index is 1.98. The Kier molecular flexibility index (Phi) is 3.69. The molecule has 0 saturated heterocycles. The third-order valence-corrected chi connectivity index (χ3v) is 2.47. The summed E-state index contributed by atoms with van der Waals surface area (Å²) in [4.78, 5) is 10.8. The number of anilines is 1. The molecule has 1 aromatic carbocycles. The molecule has 0 aliphatic carbocycles. The Morgan fingerprint density at radius 2 is 1.95 bits per heavy atom. The molecule has 3 N–H and O–H groups in total. The van der Waals surface area contributed by atoms with E-state index >= 15 is 0 Å². The summed E-state index contributed by atoms with van der Waals surface area (Å²) < 4.78 is 0. The van der Waals surface area contributed by atoms with Crippen LogP contribution in [0.3, 0.4) is 0 Å². The van der Waals surface area contributed by atoms with Gasteiger partial charge in [-0.05, 0) is 29.8 Å². The second-order valence-corrected chi connectivity index (χ2v) is 3.83. The molecule has 6 nitrogen and oxygen atoms in total. The van der Waals surface area contributed by atoms with Crippen LogP contribution in [0.4, 0.5) is 5.82 Å². The van der Waals surface area contributed by atoms with Crippen molar-refractivity contribution in [3.63, 3.8) is 0 Å². The molecule has 94 valence electrons. The minimum atomic E-state index is -0.605. The zero-order chi connectivity index (χ0) is 13.7. The standard InChI is InChI=1S/C13H11N5O/c14-7-9-1-3-10(4-2-9)8-16-12-6-5-11(13(15)19)17-18-12/h1-6H,8H2,(H2,15,19)(H,16,18). The van der Waals surface area contributed by atoms with Crippen molar-refractivity contribution in [1.29, 1.82) is 5.26 Å². The zero-order valence-electron chi connectivity index (χ0n) is 10.00. The number of carbonyl (C=O) groups excluding carboxylic acids is 1. The maximum Gasteiger partial charge on any atom is 0.269 e. The van der Waals surface area contributed by atoms with Gasteiger partial charge >= 0.3 is 0 Å². The number of hydrogen-bond donors (Lipinski definition) is 2. The van der Waals surface area contributed by atoms with Gasteiger partial charge in [0.15, 0.2) is 5.69 Å². The highest BCUT2D eigenvalue weighted by molar-refractivity contribution is 5.90. The highest BCUT2D eigenvalue weighted by atomic mass is 16.1. The van der Waals surface area contributed by atoms with E-state index in [0.29, 0.717) is 17.9 Å². The van der Waals surface area contributed by atoms with Crippen LogP contribution in [-0.4, -0.2) is 16.1 Å². The lowest BCUT2D eigenvalue weighted by atomic mass is 10.1. The van der Waals surface area contributed by atoms with Crippen LogP contribution in [0.15, 0.2) is 36.4 Å². The molecule has 0 atom stereocenters. The van der Waals surface area contributed by atoms with E-state index in [2.05, 4.69) is 21.6 Å². The minimum absolute atomic E-state index is 0.129. The molecule has 0 bridgehead atoms. The van der Waals surface area contributed by atoms with Gasteiger partial charge in [-0.1, -0.05) is 12.1 Å². The van der Waals surface area contributed by atoms with E-state index in [1.165, 1.54) is 6.07 Å². The molecule has 0 unspecified atom stereocenters. The van der Waals surface area contributed by atoms with Crippen LogP contribution in [0.2, 0.25) is 0 Å². The first-order valence-electron chi connectivity index (χ1n) is 5.55. The van der Waals surface area contributed by atoms with E-state index in [-0.39, 0.29) is 5.69 Å². The lowest BCUT2D eigenvalue weighted by molar-refractivity contribution is 0.0994. The van der Waals surface area contributed by atoms with Gasteiger partial charge in [0, 0.05) is 6.54 Å². The number of primary amides is 1. The Morgan fingerprint density at radius 3 is 2.47 bits per heavy atom. The topological polar surface area (TPSA) is 105 Å². The molecule has 1 heterocycles. The SMILES string of the molecule is N#Cc1ccc(CNc2ccc(C(N)=O)nn2)cc1. The largest absolute Gasteiger partial charge is 0.365 e. The maximum atomic E-state index is 10.8. The van der Waals surface area contributed by atoms with E-state index in [4.69, 9.17) is 11.0 Å². The van der Waals surface area contributed by atoms with Crippen molar-refractivity contribution in [1.82, 2.24) is 10.2 Å². The van der Waals surface area contributed by atoms with E-state index in [1.54, 1.807) is 18.2 Å². The van der Waals surface area contributed by atoms with E-state index in [9.17, 15) is 4.79 Å². The van der Waals surface area contributed by atoms with Crippen molar-refractivity contribution < 1.29 is 4.79 Å². The molecule has 2 aromatic rings. The molecule has 0 fully saturated rings. The molecule has 0 saturated carbocycles. The lowest BCUT2D eigenvalue weighted by Crippen LogP contribution is -2.14. The predicted molar refractivity (Wildman–Crippen MR) is 69.0 cm³/mol. The van der Waals surface area contributed by atoms with Gasteiger partial charge in [-0.25, -0.2) is 0 Å². The van der Waals surface area contributed by atoms with Crippen LogP contribution in [0.25, 0.3) is 0 Å². The van der Waals surface area contributed by atoms with Crippen molar-refractivity contribution in [2.45, 2.75) is 6.54 Å². The number of nitrogens with two attached hydrogens (primary N) is 1. The summed E-state index contributed by atoms with van der Waals surface area (Å²) in [5, 5.41) is 19.3. The van der Waals surface area contributed by atoms with Crippen LogP contribution >= 0.6 is 0 Å². The summed E-state index contributed by atoms with van der Waals surface area (Å²) >= 11 is 0. The first-order chi connectivity index (χ1) is 9.19. The number of nitrogens with zero attached hydrogens (tertiary/aromatic N) is 3. The lowest BCUT2D eigenvalue weighted by Gasteiger charge is -2.05. The smallest absolute Gasteiger partial charge is 0.269 e. The molecule has 6 heteroatoms. The summed E-state index contributed by atoms with van der Waals surface area (Å²) in [6.45, 7) is 0.552. The molecule has 0 aliphatic heterocycles. The molecule has 19 heavy (non-hydrogen) atoms. The quantitative estimate of drug-likeness (QED) is 0.847. The van der Waals surface area contributed by atoms with Crippen LogP contribution in [0.1, 0.15) is 21.6 Å². The van der Waals surface area contributed by atoms with Crippen LogP contribution in [0, 0.1) is 11.3 Å². The van der Waals surface area contributed by atoms with Crippen molar-refractivity contribution >= 4 is 11.7 Å². The number of carbonyl (C=O) groups is 1. The van der Waals surface area contributed by atoms with Gasteiger partial charge in [-0.2, -0.15) is 5.26 Å². The Bertz CT molecular complexity index is 613. The number of nitriles is 1. The fourth-order valence-electron chi connectivity index (χ4n) is 1.45. The average Bonchev–Trinajstić information content (AvgIpc) is 2.46. The minimum Gasteiger partial charge on any atom is -0.365 e. The van der Waals surface area contributed by atoms with Crippen molar-refractivity contribution in [2.75, 3.05) is 5.32 Å². The number of nitrogens with one attached hydrogen (secondary N) is 1. The molecule has 0 radical (unpaired) electrons. The Hall–Kier alpha value is -2.94.